The Labute approximate surface area is 194 Å². The highest BCUT2D eigenvalue weighted by Gasteiger charge is 2.24. The van der Waals surface area contributed by atoms with Gasteiger partial charge in [0.25, 0.3) is 0 Å². The predicted molar refractivity (Wildman–Crippen MR) is 117 cm³/mol. The number of benzene rings is 2. The molecule has 2 aromatic rings. The summed E-state index contributed by atoms with van der Waals surface area (Å²) in [7, 11) is 0. The van der Waals surface area contributed by atoms with E-state index < -0.39 is 36.5 Å². The molecule has 0 unspecified atom stereocenters. The van der Waals surface area contributed by atoms with E-state index in [-0.39, 0.29) is 41.5 Å². The zero-order valence-electron chi connectivity index (χ0n) is 16.9. The smallest absolute Gasteiger partial charge is 0.408 e. The zero-order valence-corrected chi connectivity index (χ0v) is 18.4. The van der Waals surface area contributed by atoms with E-state index in [1.54, 1.807) is 30.3 Å². The molecular formula is C22H21Cl2NO7. The summed E-state index contributed by atoms with van der Waals surface area (Å²) in [5.41, 5.74) is 0.670. The number of carbonyl (C=O) groups is 4. The van der Waals surface area contributed by atoms with Gasteiger partial charge in [0.1, 0.15) is 6.61 Å². The van der Waals surface area contributed by atoms with Gasteiger partial charge in [0.05, 0.1) is 21.7 Å². The fraction of sp³-hybridized carbons (Fsp3) is 0.273. The molecule has 8 nitrogen and oxygen atoms in total. The molecule has 0 heterocycles. The minimum absolute atomic E-state index is 0.0112. The highest BCUT2D eigenvalue weighted by Crippen LogP contribution is 2.25. The summed E-state index contributed by atoms with van der Waals surface area (Å²) >= 11 is 11.9. The summed E-state index contributed by atoms with van der Waals surface area (Å²) < 4.78 is 10.1. The van der Waals surface area contributed by atoms with E-state index in [9.17, 15) is 19.2 Å². The Morgan fingerprint density at radius 1 is 0.938 bits per heavy atom. The van der Waals surface area contributed by atoms with Gasteiger partial charge in [-0.1, -0.05) is 59.6 Å². The van der Waals surface area contributed by atoms with Gasteiger partial charge in [-0.15, -0.1) is 0 Å². The van der Waals surface area contributed by atoms with E-state index in [0.717, 1.165) is 5.56 Å². The average molecular weight is 482 g/mol. The average Bonchev–Trinajstić information content (AvgIpc) is 2.75. The first-order chi connectivity index (χ1) is 15.3. The van der Waals surface area contributed by atoms with Gasteiger partial charge in [-0.3, -0.25) is 9.59 Å². The Morgan fingerprint density at radius 3 is 2.22 bits per heavy atom. The minimum atomic E-state index is -1.10. The van der Waals surface area contributed by atoms with Gasteiger partial charge < -0.3 is 19.9 Å². The molecule has 0 aliphatic carbocycles. The van der Waals surface area contributed by atoms with E-state index in [2.05, 4.69) is 5.32 Å². The molecule has 1 amide bonds. The van der Waals surface area contributed by atoms with Crippen LogP contribution in [0.3, 0.4) is 0 Å². The minimum Gasteiger partial charge on any atom is -0.481 e. The number of halogens is 2. The summed E-state index contributed by atoms with van der Waals surface area (Å²) in [5.74, 6) is -2.57. The van der Waals surface area contributed by atoms with Crippen LogP contribution in [0.1, 0.15) is 35.2 Å². The van der Waals surface area contributed by atoms with E-state index in [1.807, 2.05) is 6.07 Å². The number of carbonyl (C=O) groups excluding carboxylic acids is 3. The summed E-state index contributed by atoms with van der Waals surface area (Å²) in [6, 6.07) is 12.3. The van der Waals surface area contributed by atoms with Gasteiger partial charge in [-0.2, -0.15) is 0 Å². The number of ketones is 1. The lowest BCUT2D eigenvalue weighted by Gasteiger charge is -2.17. The second kappa shape index (κ2) is 12.7. The van der Waals surface area contributed by atoms with Crippen LogP contribution >= 0.6 is 23.2 Å². The number of carboxylic acid groups (broad SMARTS) is 1. The van der Waals surface area contributed by atoms with Crippen LogP contribution in [-0.2, 0) is 25.7 Å². The first-order valence-corrected chi connectivity index (χ1v) is 10.4. The topological polar surface area (TPSA) is 119 Å². The maximum Gasteiger partial charge on any atom is 0.408 e. The van der Waals surface area contributed by atoms with Crippen LogP contribution < -0.4 is 5.32 Å². The summed E-state index contributed by atoms with van der Waals surface area (Å²) in [5, 5.41) is 11.4. The number of nitrogens with one attached hydrogen (secondary N) is 1. The number of esters is 1. The number of alkyl carbamates (subject to hydrolysis) is 1. The molecule has 0 saturated heterocycles. The standard InChI is InChI=1S/C22H21Cl2NO7/c23-15-8-4-9-16(24)20(15)21(29)31-13-18(26)17(10-5-11-19(27)28)25-22(30)32-12-14-6-2-1-3-7-14/h1-4,6-9,17H,5,10-13H2,(H,25,30)(H,27,28)/t17-/m0/s1. The van der Waals surface area contributed by atoms with Crippen LogP contribution in [0.15, 0.2) is 48.5 Å². The third kappa shape index (κ3) is 8.20. The van der Waals surface area contributed by atoms with Gasteiger partial charge in [0.15, 0.2) is 12.4 Å². The molecule has 1 atom stereocenters. The third-order valence-electron chi connectivity index (χ3n) is 4.29. The number of carboxylic acids is 1. The lowest BCUT2D eigenvalue weighted by molar-refractivity contribution is -0.137. The van der Waals surface area contributed by atoms with Crippen molar-refractivity contribution in [1.29, 1.82) is 0 Å². The predicted octanol–water partition coefficient (Wildman–Crippen LogP) is 4.27. The summed E-state index contributed by atoms with van der Waals surface area (Å²) in [6.45, 7) is -0.681. The zero-order chi connectivity index (χ0) is 23.5. The Kier molecular flexibility index (Phi) is 9.97. The van der Waals surface area contributed by atoms with E-state index in [1.165, 1.54) is 12.1 Å². The van der Waals surface area contributed by atoms with Crippen LogP contribution in [0.4, 0.5) is 4.79 Å². The fourth-order valence-corrected chi connectivity index (χ4v) is 3.23. The molecule has 10 heteroatoms. The fourth-order valence-electron chi connectivity index (χ4n) is 2.68. The van der Waals surface area contributed by atoms with Gasteiger partial charge >= 0.3 is 18.0 Å². The molecule has 170 valence electrons. The Bertz CT molecular complexity index is 946. The van der Waals surface area contributed by atoms with Crippen LogP contribution in [0.2, 0.25) is 10.0 Å². The molecule has 0 saturated carbocycles. The first-order valence-electron chi connectivity index (χ1n) is 9.60. The van der Waals surface area contributed by atoms with Gasteiger partial charge in [0.2, 0.25) is 0 Å². The van der Waals surface area contributed by atoms with Crippen molar-refractivity contribution in [3.63, 3.8) is 0 Å². The van der Waals surface area contributed by atoms with Gasteiger partial charge in [0, 0.05) is 6.42 Å². The van der Waals surface area contributed by atoms with Crippen molar-refractivity contribution >= 4 is 47.0 Å². The summed E-state index contributed by atoms with van der Waals surface area (Å²) in [4.78, 5) is 47.7. The van der Waals surface area contributed by atoms with Gasteiger partial charge in [-0.05, 0) is 30.5 Å². The Balaban J connectivity index is 1.96. The van der Waals surface area contributed by atoms with Crippen LogP contribution in [0.5, 0.6) is 0 Å². The number of amides is 1. The van der Waals surface area contributed by atoms with Crippen LogP contribution in [-0.4, -0.2) is 41.6 Å². The summed E-state index contributed by atoms with van der Waals surface area (Å²) in [6.07, 6.45) is -0.909. The number of ether oxygens (including phenoxy) is 2. The largest absolute Gasteiger partial charge is 0.481 e. The first kappa shape index (κ1) is 25.2. The molecule has 0 aliphatic rings. The molecular weight excluding hydrogens is 461 g/mol. The molecule has 32 heavy (non-hydrogen) atoms. The molecule has 0 aliphatic heterocycles. The number of aliphatic carboxylic acids is 1. The van der Waals surface area contributed by atoms with Crippen molar-refractivity contribution in [3.05, 3.63) is 69.7 Å². The maximum atomic E-state index is 12.6. The van der Waals surface area contributed by atoms with Crippen molar-refractivity contribution in [2.24, 2.45) is 0 Å². The highest BCUT2D eigenvalue weighted by atomic mass is 35.5. The molecule has 2 aromatic carbocycles. The quantitative estimate of drug-likeness (QED) is 0.459. The lowest BCUT2D eigenvalue weighted by atomic mass is 10.1. The van der Waals surface area contributed by atoms with Crippen molar-refractivity contribution in [3.8, 4) is 0 Å². The normalized spacial score (nSPS) is 11.3. The monoisotopic (exact) mass is 481 g/mol. The van der Waals surface area contributed by atoms with Crippen molar-refractivity contribution in [2.45, 2.75) is 31.9 Å². The number of hydrogen-bond donors (Lipinski definition) is 2. The second-order valence-corrected chi connectivity index (χ2v) is 7.50. The highest BCUT2D eigenvalue weighted by molar-refractivity contribution is 6.39. The van der Waals surface area contributed by atoms with Crippen molar-refractivity contribution in [2.75, 3.05) is 6.61 Å². The molecule has 0 radical (unpaired) electrons. The molecule has 0 spiro atoms. The number of rotatable bonds is 11. The molecule has 0 fully saturated rings. The van der Waals surface area contributed by atoms with Gasteiger partial charge in [-0.25, -0.2) is 9.59 Å². The Morgan fingerprint density at radius 2 is 1.59 bits per heavy atom. The number of hydrogen-bond acceptors (Lipinski definition) is 6. The SMILES string of the molecule is O=C(O)CCC[C@H](NC(=O)OCc1ccccc1)C(=O)COC(=O)c1c(Cl)cccc1Cl. The van der Waals surface area contributed by atoms with Crippen LogP contribution in [0.25, 0.3) is 0 Å². The molecule has 2 N–H and O–H groups in total. The molecule has 0 bridgehead atoms. The molecule has 0 aromatic heterocycles. The van der Waals surface area contributed by atoms with E-state index in [4.69, 9.17) is 37.8 Å². The molecule has 2 rings (SSSR count). The van der Waals surface area contributed by atoms with Crippen LogP contribution in [0, 0.1) is 0 Å². The second-order valence-electron chi connectivity index (χ2n) is 6.68. The lowest BCUT2D eigenvalue weighted by Crippen LogP contribution is -2.43. The number of Topliss-reactive ketones (excluding diaryl/α,β-unsaturated/α-hetero) is 1. The van der Waals surface area contributed by atoms with Crippen molar-refractivity contribution in [1.82, 2.24) is 5.32 Å². The maximum absolute atomic E-state index is 12.6. The van der Waals surface area contributed by atoms with E-state index in [0.29, 0.717) is 0 Å². The van der Waals surface area contributed by atoms with E-state index >= 15 is 0 Å². The Hall–Kier alpha value is -3.10. The third-order valence-corrected chi connectivity index (χ3v) is 4.92. The van der Waals surface area contributed by atoms with Crippen molar-refractivity contribution < 1.29 is 33.8 Å².